The van der Waals surface area contributed by atoms with Gasteiger partial charge in [0, 0.05) is 6.92 Å². The highest BCUT2D eigenvalue weighted by Gasteiger charge is 2.33. The van der Waals surface area contributed by atoms with Crippen LogP contribution >= 0.6 is 0 Å². The van der Waals surface area contributed by atoms with Crippen LogP contribution in [0.5, 0.6) is 0 Å². The third-order valence-electron chi connectivity index (χ3n) is 1.95. The van der Waals surface area contributed by atoms with E-state index in [9.17, 15) is 9.59 Å². The number of hydrogen-bond acceptors (Lipinski definition) is 6. The molecule has 0 atom stereocenters. The fourth-order valence-electron chi connectivity index (χ4n) is 1.32. The van der Waals surface area contributed by atoms with Crippen molar-refractivity contribution >= 4 is 11.9 Å². The van der Waals surface area contributed by atoms with E-state index in [1.165, 1.54) is 13.0 Å². The van der Waals surface area contributed by atoms with E-state index in [1.54, 1.807) is 13.8 Å². The van der Waals surface area contributed by atoms with Crippen LogP contribution in [-0.2, 0) is 28.5 Å². The van der Waals surface area contributed by atoms with E-state index in [4.69, 9.17) is 18.9 Å². The first-order valence-corrected chi connectivity index (χ1v) is 5.66. The van der Waals surface area contributed by atoms with E-state index >= 15 is 0 Å². The molecule has 6 heteroatoms. The van der Waals surface area contributed by atoms with Gasteiger partial charge in [-0.3, -0.25) is 4.79 Å². The lowest BCUT2D eigenvalue weighted by Crippen LogP contribution is -2.03. The normalized spacial score (nSPS) is 16.8. The van der Waals surface area contributed by atoms with Crippen LogP contribution < -0.4 is 0 Å². The molecule has 0 aliphatic carbocycles. The molecule has 0 unspecified atom stereocenters. The molecule has 18 heavy (non-hydrogen) atoms. The van der Waals surface area contributed by atoms with Crippen LogP contribution in [0.15, 0.2) is 23.4 Å². The molecule has 0 aromatic carbocycles. The number of hydrogen-bond donors (Lipinski definition) is 0. The Labute approximate surface area is 105 Å². The van der Waals surface area contributed by atoms with Crippen LogP contribution in [0.3, 0.4) is 0 Å². The molecule has 1 aliphatic rings. The van der Waals surface area contributed by atoms with Gasteiger partial charge in [-0.25, -0.2) is 4.79 Å². The van der Waals surface area contributed by atoms with Crippen LogP contribution in [0.25, 0.3) is 0 Å². The van der Waals surface area contributed by atoms with Gasteiger partial charge in [0.05, 0.1) is 13.2 Å². The van der Waals surface area contributed by atoms with Crippen LogP contribution in [0, 0.1) is 0 Å². The van der Waals surface area contributed by atoms with Gasteiger partial charge in [-0.2, -0.15) is 0 Å². The molecule has 0 aromatic rings. The summed E-state index contributed by atoms with van der Waals surface area (Å²) in [4.78, 5) is 22.2. The predicted octanol–water partition coefficient (Wildman–Crippen LogP) is 1.27. The van der Waals surface area contributed by atoms with Crippen molar-refractivity contribution in [1.29, 1.82) is 0 Å². The van der Waals surface area contributed by atoms with Crippen LogP contribution in [0.2, 0.25) is 0 Å². The second kappa shape index (κ2) is 6.68. The topological polar surface area (TPSA) is 71.1 Å². The van der Waals surface area contributed by atoms with Crippen LogP contribution in [-0.4, -0.2) is 31.8 Å². The van der Waals surface area contributed by atoms with Gasteiger partial charge in [0.15, 0.2) is 5.76 Å². The highest BCUT2D eigenvalue weighted by molar-refractivity contribution is 5.91. The zero-order chi connectivity index (χ0) is 13.5. The number of esters is 2. The van der Waals surface area contributed by atoms with Gasteiger partial charge in [-0.15, -0.1) is 0 Å². The first-order valence-electron chi connectivity index (χ1n) is 5.66. The molecule has 0 bridgehead atoms. The smallest absolute Gasteiger partial charge is 0.383 e. The Bertz CT molecular complexity index is 393. The largest absolute Gasteiger partial charge is 0.487 e. The minimum absolute atomic E-state index is 0.00786. The highest BCUT2D eigenvalue weighted by atomic mass is 16.6. The molecular weight excluding hydrogens is 240 g/mol. The Kier molecular flexibility index (Phi) is 5.23. The molecule has 0 aromatic heterocycles. The molecule has 1 aliphatic heterocycles. The second-order valence-corrected chi connectivity index (χ2v) is 3.28. The first-order chi connectivity index (χ1) is 8.60. The van der Waals surface area contributed by atoms with Crippen molar-refractivity contribution in [2.24, 2.45) is 0 Å². The summed E-state index contributed by atoms with van der Waals surface area (Å²) in [7, 11) is 0. The molecule has 0 fully saturated rings. The summed E-state index contributed by atoms with van der Waals surface area (Å²) in [6, 6.07) is 0. The van der Waals surface area contributed by atoms with Crippen molar-refractivity contribution in [2.75, 3.05) is 19.8 Å². The van der Waals surface area contributed by atoms with Gasteiger partial charge in [-0.1, -0.05) is 0 Å². The molecule has 1 heterocycles. The Morgan fingerprint density at radius 1 is 1.22 bits per heavy atom. The molecule has 1 rings (SSSR count). The summed E-state index contributed by atoms with van der Waals surface area (Å²) in [6.07, 6.45) is 1.45. The average molecular weight is 256 g/mol. The Hall–Kier alpha value is -1.98. The predicted molar refractivity (Wildman–Crippen MR) is 61.1 cm³/mol. The summed E-state index contributed by atoms with van der Waals surface area (Å²) >= 11 is 0. The summed E-state index contributed by atoms with van der Waals surface area (Å²) in [5, 5.41) is 0. The van der Waals surface area contributed by atoms with Gasteiger partial charge in [-0.05, 0) is 19.9 Å². The molecule has 0 radical (unpaired) electrons. The molecule has 0 saturated heterocycles. The molecule has 100 valence electrons. The average Bonchev–Trinajstić information content (AvgIpc) is 2.58. The van der Waals surface area contributed by atoms with Crippen LogP contribution in [0.1, 0.15) is 20.8 Å². The van der Waals surface area contributed by atoms with Gasteiger partial charge >= 0.3 is 11.9 Å². The van der Waals surface area contributed by atoms with Gasteiger partial charge in [0.1, 0.15) is 6.61 Å². The maximum Gasteiger partial charge on any atom is 0.383 e. The number of ether oxygens (including phenoxy) is 4. The van der Waals surface area contributed by atoms with Crippen LogP contribution in [0.4, 0.5) is 0 Å². The van der Waals surface area contributed by atoms with E-state index in [1.807, 2.05) is 0 Å². The quantitative estimate of drug-likeness (QED) is 0.666. The molecule has 0 saturated carbocycles. The van der Waals surface area contributed by atoms with Crippen molar-refractivity contribution in [2.45, 2.75) is 20.8 Å². The molecule has 0 spiro atoms. The lowest BCUT2D eigenvalue weighted by molar-refractivity contribution is -0.139. The number of cyclic esters (lactones) is 1. The standard InChI is InChI=1S/C12H16O6/c1-4-15-10-9(6-7-17-8(3)13)18-12(14)11(10)16-5-2/h6H,4-5,7H2,1-3H3/b9-6+. The number of carbonyl (C=O) groups excluding carboxylic acids is 2. The fraction of sp³-hybridized carbons (Fsp3) is 0.500. The third-order valence-corrected chi connectivity index (χ3v) is 1.95. The lowest BCUT2D eigenvalue weighted by Gasteiger charge is -2.06. The summed E-state index contributed by atoms with van der Waals surface area (Å²) < 4.78 is 20.2. The molecule has 0 N–H and O–H groups in total. The third kappa shape index (κ3) is 3.51. The minimum atomic E-state index is -0.602. The highest BCUT2D eigenvalue weighted by Crippen LogP contribution is 2.27. The second-order valence-electron chi connectivity index (χ2n) is 3.28. The van der Waals surface area contributed by atoms with Crippen molar-refractivity contribution in [3.63, 3.8) is 0 Å². The zero-order valence-electron chi connectivity index (χ0n) is 10.6. The van der Waals surface area contributed by atoms with E-state index in [-0.39, 0.29) is 23.9 Å². The molecular formula is C12H16O6. The Morgan fingerprint density at radius 2 is 1.83 bits per heavy atom. The molecule has 6 nitrogen and oxygen atoms in total. The first kappa shape index (κ1) is 14.1. The van der Waals surface area contributed by atoms with Crippen molar-refractivity contribution < 1.29 is 28.5 Å². The number of rotatable bonds is 6. The zero-order valence-corrected chi connectivity index (χ0v) is 10.6. The monoisotopic (exact) mass is 256 g/mol. The van der Waals surface area contributed by atoms with Gasteiger partial charge in [0.25, 0.3) is 5.76 Å². The van der Waals surface area contributed by atoms with Gasteiger partial charge < -0.3 is 18.9 Å². The van der Waals surface area contributed by atoms with E-state index in [0.717, 1.165) is 0 Å². The summed E-state index contributed by atoms with van der Waals surface area (Å²) in [5.74, 6) is -0.506. The van der Waals surface area contributed by atoms with E-state index in [2.05, 4.69) is 0 Å². The summed E-state index contributed by atoms with van der Waals surface area (Å²) in [6.45, 7) is 5.54. The van der Waals surface area contributed by atoms with Gasteiger partial charge in [0.2, 0.25) is 5.76 Å². The molecule has 0 amide bonds. The fourth-order valence-corrected chi connectivity index (χ4v) is 1.32. The minimum Gasteiger partial charge on any atom is -0.487 e. The lowest BCUT2D eigenvalue weighted by atomic mass is 10.3. The maximum absolute atomic E-state index is 11.5. The maximum atomic E-state index is 11.5. The van der Waals surface area contributed by atoms with E-state index in [0.29, 0.717) is 13.2 Å². The SMILES string of the molecule is CCOC1=C(OCC)/C(=C\COC(C)=O)OC1=O. The number of carbonyl (C=O) groups is 2. The Morgan fingerprint density at radius 3 is 2.39 bits per heavy atom. The van der Waals surface area contributed by atoms with Crippen molar-refractivity contribution in [3.8, 4) is 0 Å². The van der Waals surface area contributed by atoms with Crippen molar-refractivity contribution in [3.05, 3.63) is 23.4 Å². The van der Waals surface area contributed by atoms with Crippen molar-refractivity contribution in [1.82, 2.24) is 0 Å². The Balaban J connectivity index is 2.85. The summed E-state index contributed by atoms with van der Waals surface area (Å²) in [5.41, 5.74) is 0. The van der Waals surface area contributed by atoms with E-state index < -0.39 is 11.9 Å².